The first-order valence-electron chi connectivity index (χ1n) is 8.56. The van der Waals surface area contributed by atoms with E-state index >= 15 is 0 Å². The van der Waals surface area contributed by atoms with Crippen LogP contribution in [0.5, 0.6) is 0 Å². The Morgan fingerprint density at radius 2 is 2.00 bits per heavy atom. The van der Waals surface area contributed by atoms with Crippen molar-refractivity contribution in [3.63, 3.8) is 0 Å². The molecule has 0 radical (unpaired) electrons. The molecule has 4 nitrogen and oxygen atoms in total. The van der Waals surface area contributed by atoms with E-state index in [1.165, 1.54) is 0 Å². The van der Waals surface area contributed by atoms with Gasteiger partial charge in [0.05, 0.1) is 0 Å². The Balaban J connectivity index is 1.50. The van der Waals surface area contributed by atoms with Crippen molar-refractivity contribution < 1.29 is 9.53 Å². The molecule has 2 atom stereocenters. The normalized spacial score (nSPS) is 26.8. The minimum absolute atomic E-state index is 0.0375. The largest absolute Gasteiger partial charge is 0.459 e. The Kier molecular flexibility index (Phi) is 4.54. The molecule has 2 unspecified atom stereocenters. The van der Waals surface area contributed by atoms with E-state index in [4.69, 9.17) is 4.74 Å². The van der Waals surface area contributed by atoms with Crippen LogP contribution in [0.15, 0.2) is 47.2 Å². The molecule has 0 saturated carbocycles. The first-order chi connectivity index (χ1) is 11.8. The van der Waals surface area contributed by atoms with E-state index in [1.807, 2.05) is 47.2 Å². The van der Waals surface area contributed by atoms with E-state index < -0.39 is 6.04 Å². The van der Waals surface area contributed by atoms with Gasteiger partial charge < -0.3 is 10.1 Å². The number of nitrogens with zero attached hydrogens (tertiary/aromatic N) is 1. The molecule has 0 spiro atoms. The highest BCUT2D eigenvalue weighted by molar-refractivity contribution is 7.08. The fourth-order valence-electron chi connectivity index (χ4n) is 3.70. The highest BCUT2D eigenvalue weighted by Crippen LogP contribution is 2.31. The Labute approximate surface area is 146 Å². The van der Waals surface area contributed by atoms with Gasteiger partial charge in [-0.2, -0.15) is 11.3 Å². The molecule has 3 aliphatic heterocycles. The van der Waals surface area contributed by atoms with Crippen molar-refractivity contribution in [3.05, 3.63) is 52.7 Å². The van der Waals surface area contributed by atoms with Gasteiger partial charge in [-0.1, -0.05) is 30.3 Å². The van der Waals surface area contributed by atoms with Crippen LogP contribution in [0.2, 0.25) is 0 Å². The number of piperidine rings is 3. The molecule has 1 aromatic carbocycles. The van der Waals surface area contributed by atoms with Gasteiger partial charge >= 0.3 is 5.97 Å². The van der Waals surface area contributed by atoms with Crippen molar-refractivity contribution in [2.24, 2.45) is 5.92 Å². The molecule has 3 fully saturated rings. The molecular formula is C19H22N2O2S. The molecule has 24 heavy (non-hydrogen) atoms. The molecule has 1 aromatic heterocycles. The maximum Gasteiger partial charge on any atom is 0.333 e. The third kappa shape index (κ3) is 3.32. The van der Waals surface area contributed by atoms with Gasteiger partial charge in [-0.25, -0.2) is 4.79 Å². The second kappa shape index (κ2) is 6.95. The van der Waals surface area contributed by atoms with Crippen molar-refractivity contribution in [2.45, 2.75) is 25.0 Å². The number of ether oxygens (including phenoxy) is 1. The number of fused-ring (bicyclic) bond motifs is 3. The first kappa shape index (κ1) is 15.7. The number of rotatable bonds is 5. The summed E-state index contributed by atoms with van der Waals surface area (Å²) in [6.07, 6.45) is 2.33. The molecule has 0 amide bonds. The van der Waals surface area contributed by atoms with Crippen molar-refractivity contribution in [3.8, 4) is 0 Å². The molecule has 2 aromatic rings. The summed E-state index contributed by atoms with van der Waals surface area (Å²) in [5.41, 5.74) is 1.90. The number of esters is 1. The summed E-state index contributed by atoms with van der Waals surface area (Å²) in [6.45, 7) is 3.18. The number of benzene rings is 1. The molecule has 5 heteroatoms. The average Bonchev–Trinajstić information content (AvgIpc) is 3.14. The summed E-state index contributed by atoms with van der Waals surface area (Å²) in [5.74, 6) is 0.350. The van der Waals surface area contributed by atoms with E-state index in [1.54, 1.807) is 11.3 Å². The number of carbonyl (C=O) groups excluding carboxylic acids is 1. The Morgan fingerprint density at radius 1 is 1.21 bits per heavy atom. The zero-order chi connectivity index (χ0) is 16.4. The maximum atomic E-state index is 12.9. The lowest BCUT2D eigenvalue weighted by Crippen LogP contribution is -2.52. The highest BCUT2D eigenvalue weighted by Gasteiger charge is 2.37. The standard InChI is InChI=1S/C19H22N2O2S/c22-19(23-17-12-21-9-6-14(17)7-10-21)18(15-4-2-1-3-5-15)20-16-8-11-24-13-16/h1-5,8,11,13-14,17-18,20H,6-7,9-10,12H2. The fraction of sp³-hybridized carbons (Fsp3) is 0.421. The van der Waals surface area contributed by atoms with Gasteiger partial charge in [-0.05, 0) is 48.9 Å². The topological polar surface area (TPSA) is 41.6 Å². The van der Waals surface area contributed by atoms with Crippen LogP contribution in [0.25, 0.3) is 0 Å². The zero-order valence-corrected chi connectivity index (χ0v) is 14.4. The quantitative estimate of drug-likeness (QED) is 0.844. The van der Waals surface area contributed by atoms with E-state index in [0.717, 1.165) is 43.7 Å². The minimum atomic E-state index is -0.462. The molecule has 1 N–H and O–H groups in total. The van der Waals surface area contributed by atoms with Gasteiger partial charge in [0.25, 0.3) is 0 Å². The second-order valence-corrected chi connectivity index (χ2v) is 7.39. The zero-order valence-electron chi connectivity index (χ0n) is 13.6. The van der Waals surface area contributed by atoms with Crippen molar-refractivity contribution in [1.82, 2.24) is 4.90 Å². The molecule has 3 saturated heterocycles. The molecule has 4 heterocycles. The van der Waals surface area contributed by atoms with Crippen LogP contribution < -0.4 is 5.32 Å². The van der Waals surface area contributed by atoms with Crippen LogP contribution >= 0.6 is 11.3 Å². The average molecular weight is 342 g/mol. The lowest BCUT2D eigenvalue weighted by atomic mass is 9.86. The van der Waals surface area contributed by atoms with E-state index in [-0.39, 0.29) is 12.1 Å². The predicted molar refractivity (Wildman–Crippen MR) is 96.2 cm³/mol. The van der Waals surface area contributed by atoms with Gasteiger partial charge in [0.1, 0.15) is 6.10 Å². The van der Waals surface area contributed by atoms with Crippen LogP contribution in [0, 0.1) is 5.92 Å². The third-order valence-electron chi connectivity index (χ3n) is 5.06. The summed E-state index contributed by atoms with van der Waals surface area (Å²) < 4.78 is 5.95. The highest BCUT2D eigenvalue weighted by atomic mass is 32.1. The van der Waals surface area contributed by atoms with Crippen LogP contribution in [0.4, 0.5) is 5.69 Å². The third-order valence-corrected chi connectivity index (χ3v) is 5.75. The van der Waals surface area contributed by atoms with Gasteiger partial charge in [-0.3, -0.25) is 4.90 Å². The summed E-state index contributed by atoms with van der Waals surface area (Å²) in [7, 11) is 0. The SMILES string of the molecule is O=C(OC1CN2CCC1CC2)C(Nc1ccsc1)c1ccccc1. The van der Waals surface area contributed by atoms with E-state index in [2.05, 4.69) is 10.2 Å². The summed E-state index contributed by atoms with van der Waals surface area (Å²) in [4.78, 5) is 15.3. The number of carbonyl (C=O) groups is 1. The van der Waals surface area contributed by atoms with Crippen LogP contribution in [-0.2, 0) is 9.53 Å². The Morgan fingerprint density at radius 3 is 2.62 bits per heavy atom. The van der Waals surface area contributed by atoms with Gasteiger partial charge in [0.2, 0.25) is 0 Å². The minimum Gasteiger partial charge on any atom is -0.459 e. The number of thiophene rings is 1. The predicted octanol–water partition coefficient (Wildman–Crippen LogP) is 3.54. The van der Waals surface area contributed by atoms with Gasteiger partial charge in [0.15, 0.2) is 6.04 Å². The Hall–Kier alpha value is -1.85. The van der Waals surface area contributed by atoms with Crippen LogP contribution in [-0.4, -0.2) is 36.6 Å². The van der Waals surface area contributed by atoms with E-state index in [0.29, 0.717) is 5.92 Å². The van der Waals surface area contributed by atoms with Crippen LogP contribution in [0.1, 0.15) is 24.4 Å². The monoisotopic (exact) mass is 342 g/mol. The lowest BCUT2D eigenvalue weighted by molar-refractivity contribution is -0.159. The second-order valence-electron chi connectivity index (χ2n) is 6.61. The molecular weight excluding hydrogens is 320 g/mol. The molecule has 2 bridgehead atoms. The first-order valence-corrected chi connectivity index (χ1v) is 9.50. The maximum absolute atomic E-state index is 12.9. The number of nitrogens with one attached hydrogen (secondary N) is 1. The van der Waals surface area contributed by atoms with Crippen molar-refractivity contribution in [2.75, 3.05) is 25.0 Å². The fourth-order valence-corrected chi connectivity index (χ4v) is 4.30. The van der Waals surface area contributed by atoms with Gasteiger partial charge in [0, 0.05) is 17.6 Å². The molecule has 0 aliphatic carbocycles. The van der Waals surface area contributed by atoms with Crippen molar-refractivity contribution >= 4 is 23.0 Å². The number of anilines is 1. The number of hydrogen-bond acceptors (Lipinski definition) is 5. The summed E-state index contributed by atoms with van der Waals surface area (Å²) in [5, 5.41) is 7.35. The van der Waals surface area contributed by atoms with Crippen LogP contribution in [0.3, 0.4) is 0 Å². The van der Waals surface area contributed by atoms with Crippen molar-refractivity contribution in [1.29, 1.82) is 0 Å². The Bertz CT molecular complexity index is 666. The molecule has 5 rings (SSSR count). The molecule has 126 valence electrons. The number of hydrogen-bond donors (Lipinski definition) is 1. The molecule has 3 aliphatic rings. The smallest absolute Gasteiger partial charge is 0.333 e. The summed E-state index contributed by atoms with van der Waals surface area (Å²) in [6, 6.07) is 11.4. The summed E-state index contributed by atoms with van der Waals surface area (Å²) >= 11 is 1.61. The lowest BCUT2D eigenvalue weighted by Gasteiger charge is -2.44. The van der Waals surface area contributed by atoms with E-state index in [9.17, 15) is 4.79 Å². The van der Waals surface area contributed by atoms with Gasteiger partial charge in [-0.15, -0.1) is 0 Å².